The summed E-state index contributed by atoms with van der Waals surface area (Å²) in [5, 5.41) is 19.7. The summed E-state index contributed by atoms with van der Waals surface area (Å²) < 4.78 is 48.2. The maximum absolute atomic E-state index is 12.4. The first kappa shape index (κ1) is 83.4. The first-order valence-corrected chi connectivity index (χ1v) is 53.6. The van der Waals surface area contributed by atoms with Crippen LogP contribution in [0.15, 0.2) is 97.1 Å². The van der Waals surface area contributed by atoms with E-state index in [0.29, 0.717) is 120 Å². The number of hydrogen-bond acceptors (Lipinski definition) is 24. The van der Waals surface area contributed by atoms with Gasteiger partial charge in [-0.3, -0.25) is 0 Å². The lowest BCUT2D eigenvalue weighted by Crippen LogP contribution is -2.56. The van der Waals surface area contributed by atoms with Crippen LogP contribution in [-0.4, -0.2) is 144 Å². The molecule has 0 aliphatic rings. The maximum Gasteiger partial charge on any atom is 0.338 e. The molecule has 0 spiro atoms. The van der Waals surface area contributed by atoms with Gasteiger partial charge in [0.15, 0.2) is 33.3 Å². The SMILES string of the molecule is CCCCOC(=O)c1ccc(Nc2nc(NCC(C)[Si](C)(O[Si](C)(C)C)O[Si](C)(C)C)nc(Nc3ccc(C(=O)OCCCC)cc3)n2)cc1.CCCCOC(=O)c1ccc(Nc2nc(NCCC[Si](C)(O[Si](C)(C)C)O[Si](C)(C)C)nc(Nc3ccc(C(=O)OCCCC)cc3)n2)cc1. The second-order valence-corrected chi connectivity index (χ2v) is 54.6. The van der Waals surface area contributed by atoms with Gasteiger partial charge in [0.25, 0.3) is 0 Å². The Labute approximate surface area is 600 Å². The molecule has 0 bridgehead atoms. The van der Waals surface area contributed by atoms with Crippen molar-refractivity contribution in [3.63, 3.8) is 0 Å². The van der Waals surface area contributed by atoms with Crippen LogP contribution < -0.4 is 31.9 Å². The molecule has 1 unspecified atom stereocenters. The fraction of sp³-hybridized carbons (Fsp3) is 0.514. The number of carbonyl (C=O) groups is 4. The van der Waals surface area contributed by atoms with Crippen LogP contribution in [0.1, 0.15) is 134 Å². The van der Waals surface area contributed by atoms with Gasteiger partial charge in [0.1, 0.15) is 0 Å². The molecule has 548 valence electrons. The van der Waals surface area contributed by atoms with E-state index in [9.17, 15) is 19.2 Å². The molecule has 0 aliphatic heterocycles. The molecule has 6 rings (SSSR count). The van der Waals surface area contributed by atoms with Crippen LogP contribution in [0.5, 0.6) is 0 Å². The first-order chi connectivity index (χ1) is 47.1. The molecular weight excluding hydrogens is 1370 g/mol. The summed E-state index contributed by atoms with van der Waals surface area (Å²) in [5.74, 6) is 0.534. The second kappa shape index (κ2) is 39.8. The maximum atomic E-state index is 12.4. The largest absolute Gasteiger partial charge is 0.462 e. The van der Waals surface area contributed by atoms with E-state index in [1.165, 1.54) is 0 Å². The number of carbonyl (C=O) groups excluding carboxylic acids is 4. The van der Waals surface area contributed by atoms with E-state index in [2.05, 4.69) is 160 Å². The van der Waals surface area contributed by atoms with Crippen LogP contribution in [-0.2, 0) is 35.4 Å². The molecular formula is C70H112N12O12Si6. The Balaban J connectivity index is 0.000000361. The monoisotopic (exact) mass is 1480 g/mol. The number of aromatic nitrogens is 6. The van der Waals surface area contributed by atoms with Gasteiger partial charge < -0.3 is 67.3 Å². The highest BCUT2D eigenvalue weighted by molar-refractivity contribution is 6.89. The van der Waals surface area contributed by atoms with Crippen molar-refractivity contribution in [2.45, 2.75) is 196 Å². The Bertz CT molecular complexity index is 3300. The first-order valence-electron chi connectivity index (χ1n) is 35.1. The Morgan fingerprint density at radius 1 is 0.350 bits per heavy atom. The third-order valence-electron chi connectivity index (χ3n) is 14.3. The predicted octanol–water partition coefficient (Wildman–Crippen LogP) is 17.7. The normalized spacial score (nSPS) is 12.3. The molecule has 2 heterocycles. The van der Waals surface area contributed by atoms with E-state index in [0.717, 1.165) is 63.8 Å². The molecule has 6 N–H and O–H groups in total. The van der Waals surface area contributed by atoms with Crippen LogP contribution in [0.2, 0.25) is 103 Å². The summed E-state index contributed by atoms with van der Waals surface area (Å²) in [6.07, 6.45) is 7.93. The quantitative estimate of drug-likeness (QED) is 0.00900. The Morgan fingerprint density at radius 2 is 0.600 bits per heavy atom. The van der Waals surface area contributed by atoms with E-state index in [1.807, 2.05) is 27.7 Å². The molecule has 100 heavy (non-hydrogen) atoms. The van der Waals surface area contributed by atoms with Gasteiger partial charge in [0, 0.05) is 41.4 Å². The van der Waals surface area contributed by atoms with Crippen LogP contribution in [0, 0.1) is 0 Å². The number of nitrogens with one attached hydrogen (secondary N) is 6. The number of unbranched alkanes of at least 4 members (excludes halogenated alkanes) is 4. The zero-order chi connectivity index (χ0) is 73.7. The molecule has 4 aromatic carbocycles. The number of benzene rings is 4. The molecule has 1 atom stereocenters. The van der Waals surface area contributed by atoms with Crippen molar-refractivity contribution in [3.8, 4) is 0 Å². The van der Waals surface area contributed by atoms with E-state index >= 15 is 0 Å². The van der Waals surface area contributed by atoms with Gasteiger partial charge in [-0.05, 0) is 227 Å². The van der Waals surface area contributed by atoms with Gasteiger partial charge in [-0.2, -0.15) is 29.9 Å². The zero-order valence-electron chi connectivity index (χ0n) is 62.7. The number of nitrogens with zero attached hydrogens (tertiary/aromatic N) is 6. The van der Waals surface area contributed by atoms with E-state index in [1.54, 1.807) is 97.1 Å². The average molecular weight is 1480 g/mol. The molecule has 0 amide bonds. The molecule has 0 aliphatic carbocycles. The zero-order valence-corrected chi connectivity index (χ0v) is 68.7. The third-order valence-corrected chi connectivity index (χ3v) is 34.1. The minimum absolute atomic E-state index is 0.0831. The van der Waals surface area contributed by atoms with Crippen LogP contribution in [0.3, 0.4) is 0 Å². The summed E-state index contributed by atoms with van der Waals surface area (Å²) in [7, 11) is -12.4. The van der Waals surface area contributed by atoms with Crippen LogP contribution in [0.25, 0.3) is 0 Å². The van der Waals surface area contributed by atoms with Gasteiger partial charge in [0.2, 0.25) is 35.7 Å². The molecule has 0 radical (unpaired) electrons. The van der Waals surface area contributed by atoms with Gasteiger partial charge in [0.05, 0.1) is 48.7 Å². The lowest BCUT2D eigenvalue weighted by atomic mass is 10.2. The van der Waals surface area contributed by atoms with Crippen molar-refractivity contribution < 1.29 is 54.6 Å². The van der Waals surface area contributed by atoms with Gasteiger partial charge in [-0.1, -0.05) is 60.3 Å². The van der Waals surface area contributed by atoms with E-state index in [-0.39, 0.29) is 29.4 Å². The smallest absolute Gasteiger partial charge is 0.338 e. The summed E-state index contributed by atoms with van der Waals surface area (Å²) >= 11 is 0. The van der Waals surface area contributed by atoms with Crippen molar-refractivity contribution in [2.75, 3.05) is 71.4 Å². The molecule has 0 fully saturated rings. The van der Waals surface area contributed by atoms with Gasteiger partial charge >= 0.3 is 41.0 Å². The van der Waals surface area contributed by atoms with Crippen molar-refractivity contribution in [1.82, 2.24) is 29.9 Å². The van der Waals surface area contributed by atoms with Gasteiger partial charge in [-0.25, -0.2) is 19.2 Å². The Kier molecular flexibility index (Phi) is 33.2. The molecule has 2 aromatic heterocycles. The van der Waals surface area contributed by atoms with Crippen molar-refractivity contribution in [3.05, 3.63) is 119 Å². The molecule has 6 aromatic rings. The summed E-state index contributed by atoms with van der Waals surface area (Å²) in [6, 6.07) is 28.7. The summed E-state index contributed by atoms with van der Waals surface area (Å²) in [5.41, 5.74) is 4.71. The highest BCUT2D eigenvalue weighted by Crippen LogP contribution is 2.32. The molecule has 30 heteroatoms. The van der Waals surface area contributed by atoms with E-state index in [4.69, 9.17) is 35.4 Å². The Morgan fingerprint density at radius 3 is 0.850 bits per heavy atom. The standard InChI is InChI=1S/2C35H56N6O6Si3/c1-11-13-23-44-31(42)27-15-19-29(20-16-27)37-34-39-33(36-25-26(3)50(10,46-48(4,5)6)47-49(7,8)9)40-35(41-34)38-30-21-17-28(18-22-30)32(43)45-24-14-12-2;1-10-12-24-44-31(42)27-15-19-29(20-16-27)37-34-39-33(36-23-14-26-50(9,46-48(3,4)5)47-49(6,7)8)40-35(41-34)38-30-21-17-28(18-22-30)32(43)45-25-13-11-2/h15-22,26H,11-14,23-25H2,1-10H3,(H3,36,37,38,39,40,41);15-22H,10-14,23-26H2,1-9H3,(H3,36,37,38,39,40,41). The molecule has 0 saturated carbocycles. The number of esters is 4. The van der Waals surface area contributed by atoms with Crippen molar-refractivity contribution in [2.24, 2.45) is 0 Å². The third kappa shape index (κ3) is 31.7. The van der Waals surface area contributed by atoms with Crippen LogP contribution in [0.4, 0.5) is 58.4 Å². The van der Waals surface area contributed by atoms with Crippen molar-refractivity contribution in [1.29, 1.82) is 0 Å². The summed E-state index contributed by atoms with van der Waals surface area (Å²) in [6.45, 7) is 43.8. The number of rotatable bonds is 41. The Hall–Kier alpha value is -7.28. The fourth-order valence-corrected chi connectivity index (χ4v) is 34.8. The predicted molar refractivity (Wildman–Crippen MR) is 416 cm³/mol. The molecule has 0 saturated heterocycles. The minimum Gasteiger partial charge on any atom is -0.462 e. The number of ether oxygens (including phenoxy) is 4. The van der Waals surface area contributed by atoms with Crippen molar-refractivity contribution >= 4 is 133 Å². The number of hydrogen-bond donors (Lipinski definition) is 6. The molecule has 24 nitrogen and oxygen atoms in total. The highest BCUT2D eigenvalue weighted by atomic mass is 28.5. The fourth-order valence-electron chi connectivity index (χ4n) is 9.87. The summed E-state index contributed by atoms with van der Waals surface area (Å²) in [4.78, 5) is 77.3. The topological polar surface area (TPSA) is 292 Å². The van der Waals surface area contributed by atoms with Crippen LogP contribution >= 0.6 is 0 Å². The average Bonchev–Trinajstić information content (AvgIpc) is 0.822. The number of anilines is 10. The van der Waals surface area contributed by atoms with Gasteiger partial charge in [-0.15, -0.1) is 0 Å². The minimum atomic E-state index is -2.60. The second-order valence-electron chi connectivity index (χ2n) is 28.7. The lowest BCUT2D eigenvalue weighted by Gasteiger charge is -2.42. The van der Waals surface area contributed by atoms with E-state index < -0.39 is 50.4 Å². The highest BCUT2D eigenvalue weighted by Gasteiger charge is 2.45. The lowest BCUT2D eigenvalue weighted by molar-refractivity contribution is 0.0490.